The normalized spacial score (nSPS) is 21.0. The van der Waals surface area contributed by atoms with Gasteiger partial charge in [-0.3, -0.25) is 0 Å². The number of aryl methyl sites for hydroxylation is 1. The van der Waals surface area contributed by atoms with Gasteiger partial charge in [-0.25, -0.2) is 9.48 Å². The maximum Gasteiger partial charge on any atom is 0.271 e. The summed E-state index contributed by atoms with van der Waals surface area (Å²) < 4.78 is 13.3. The molecule has 0 amide bonds. The maximum absolute atomic E-state index is 12.0. The number of methoxy groups -OCH3 is 2. The van der Waals surface area contributed by atoms with Crippen LogP contribution in [0.25, 0.3) is 0 Å². The highest BCUT2D eigenvalue weighted by Gasteiger charge is 2.52. The first-order valence-electron chi connectivity index (χ1n) is 10.6. The Hall–Kier alpha value is -2.05. The summed E-state index contributed by atoms with van der Waals surface area (Å²) in [6.45, 7) is 3.47. The molecule has 0 bridgehead atoms. The quantitative estimate of drug-likeness (QED) is 0.654. The number of hydrogen-bond donors (Lipinski definition) is 1. The van der Waals surface area contributed by atoms with E-state index in [1.165, 1.54) is 12.0 Å². The Morgan fingerprint density at radius 1 is 1.03 bits per heavy atom. The molecule has 2 aliphatic heterocycles. The fourth-order valence-corrected chi connectivity index (χ4v) is 4.56. The van der Waals surface area contributed by atoms with Gasteiger partial charge in [-0.15, -0.1) is 0 Å². The Labute approximate surface area is 189 Å². The summed E-state index contributed by atoms with van der Waals surface area (Å²) in [6.07, 6.45) is 5.32. The Bertz CT molecular complexity index is 913. The SMILES string of the molecule is CCc1ccc(C2(O)CN(c3cc(OC)ccc3OC)C3=[N+]2CCCCC3)cc1.[Br-]. The molecule has 2 aromatic carbocycles. The van der Waals surface area contributed by atoms with Crippen molar-refractivity contribution in [3.8, 4) is 11.5 Å². The summed E-state index contributed by atoms with van der Waals surface area (Å²) in [4.78, 5) is 2.22. The Balaban J connectivity index is 0.00000256. The van der Waals surface area contributed by atoms with Crippen molar-refractivity contribution >= 4 is 11.5 Å². The van der Waals surface area contributed by atoms with Crippen molar-refractivity contribution < 1.29 is 36.1 Å². The molecule has 0 aromatic heterocycles. The zero-order valence-corrected chi connectivity index (χ0v) is 19.6. The molecule has 2 aliphatic rings. The molecule has 0 spiro atoms. The van der Waals surface area contributed by atoms with Gasteiger partial charge in [0.15, 0.2) is 18.0 Å². The molecule has 0 radical (unpaired) electrons. The van der Waals surface area contributed by atoms with Gasteiger partial charge >= 0.3 is 0 Å². The maximum atomic E-state index is 12.0. The molecule has 4 rings (SSSR count). The molecule has 1 N–H and O–H groups in total. The van der Waals surface area contributed by atoms with Crippen LogP contribution in [0.5, 0.6) is 11.5 Å². The second-order valence-corrected chi connectivity index (χ2v) is 7.87. The third-order valence-electron chi connectivity index (χ3n) is 6.23. The first kappa shape index (κ1) is 22.6. The van der Waals surface area contributed by atoms with Crippen molar-refractivity contribution in [2.45, 2.75) is 44.8 Å². The molecule has 2 aromatic rings. The van der Waals surface area contributed by atoms with Gasteiger partial charge in [0.1, 0.15) is 5.75 Å². The molecule has 162 valence electrons. The van der Waals surface area contributed by atoms with Crippen molar-refractivity contribution in [1.29, 1.82) is 0 Å². The van der Waals surface area contributed by atoms with Crippen LogP contribution in [-0.2, 0) is 12.1 Å². The van der Waals surface area contributed by atoms with Gasteiger partial charge in [0.2, 0.25) is 0 Å². The smallest absolute Gasteiger partial charge is 0.271 e. The highest BCUT2D eigenvalue weighted by Crippen LogP contribution is 2.40. The number of β-amino-alcohol motifs (C(OH)–C–C–N with tert-alkyl or cyclic N) is 1. The average Bonchev–Trinajstić information content (AvgIpc) is 2.91. The van der Waals surface area contributed by atoms with E-state index in [0.29, 0.717) is 6.54 Å². The second kappa shape index (κ2) is 9.40. The van der Waals surface area contributed by atoms with E-state index in [0.717, 1.165) is 60.8 Å². The highest BCUT2D eigenvalue weighted by atomic mass is 79.9. The van der Waals surface area contributed by atoms with Crippen molar-refractivity contribution in [1.82, 2.24) is 0 Å². The van der Waals surface area contributed by atoms with Crippen molar-refractivity contribution in [3.63, 3.8) is 0 Å². The number of hydrogen-bond acceptors (Lipinski definition) is 4. The minimum Gasteiger partial charge on any atom is -1.00 e. The van der Waals surface area contributed by atoms with E-state index in [1.807, 2.05) is 18.2 Å². The van der Waals surface area contributed by atoms with E-state index in [1.54, 1.807) is 14.2 Å². The summed E-state index contributed by atoms with van der Waals surface area (Å²) in [6, 6.07) is 14.2. The van der Waals surface area contributed by atoms with Crippen LogP contribution in [0, 0.1) is 0 Å². The molecule has 0 aliphatic carbocycles. The molecule has 6 heteroatoms. The third-order valence-corrected chi connectivity index (χ3v) is 6.23. The van der Waals surface area contributed by atoms with Crippen LogP contribution < -0.4 is 31.4 Å². The average molecular weight is 475 g/mol. The number of rotatable bonds is 5. The molecule has 1 unspecified atom stereocenters. The molecule has 1 atom stereocenters. The predicted octanol–water partition coefficient (Wildman–Crippen LogP) is 0.921. The summed E-state index contributed by atoms with van der Waals surface area (Å²) in [5.74, 6) is 2.73. The lowest BCUT2D eigenvalue weighted by Gasteiger charge is -2.24. The third kappa shape index (κ3) is 3.95. The number of aliphatic hydroxyl groups is 1. The lowest BCUT2D eigenvalue weighted by molar-refractivity contribution is -0.658. The zero-order valence-electron chi connectivity index (χ0n) is 18.0. The number of benzene rings is 2. The molecular weight excluding hydrogens is 444 g/mol. The topological polar surface area (TPSA) is 44.9 Å². The number of halogens is 1. The van der Waals surface area contributed by atoms with Crippen LogP contribution >= 0.6 is 0 Å². The molecule has 5 nitrogen and oxygen atoms in total. The Morgan fingerprint density at radius 3 is 2.47 bits per heavy atom. The summed E-state index contributed by atoms with van der Waals surface area (Å²) in [5.41, 5.74) is 2.11. The molecule has 0 saturated carbocycles. The van der Waals surface area contributed by atoms with Gasteiger partial charge in [-0.05, 0) is 43.4 Å². The van der Waals surface area contributed by atoms with Gasteiger partial charge in [0, 0.05) is 18.1 Å². The van der Waals surface area contributed by atoms with Gasteiger partial charge in [-0.1, -0.05) is 31.2 Å². The molecule has 30 heavy (non-hydrogen) atoms. The van der Waals surface area contributed by atoms with E-state index in [-0.39, 0.29) is 17.0 Å². The number of anilines is 1. The first-order chi connectivity index (χ1) is 14.1. The van der Waals surface area contributed by atoms with E-state index < -0.39 is 5.72 Å². The van der Waals surface area contributed by atoms with Crippen molar-refractivity contribution in [2.24, 2.45) is 0 Å². The summed E-state index contributed by atoms with van der Waals surface area (Å²) >= 11 is 0. The summed E-state index contributed by atoms with van der Waals surface area (Å²) in [7, 11) is 3.36. The van der Waals surface area contributed by atoms with Crippen LogP contribution in [0.4, 0.5) is 5.69 Å². The van der Waals surface area contributed by atoms with Gasteiger partial charge in [0.25, 0.3) is 11.6 Å². The summed E-state index contributed by atoms with van der Waals surface area (Å²) in [5, 5.41) is 12.0. The van der Waals surface area contributed by atoms with E-state index in [2.05, 4.69) is 40.7 Å². The van der Waals surface area contributed by atoms with E-state index >= 15 is 0 Å². The van der Waals surface area contributed by atoms with Crippen molar-refractivity contribution in [2.75, 3.05) is 32.2 Å². The van der Waals surface area contributed by atoms with Crippen LogP contribution in [0.3, 0.4) is 0 Å². The van der Waals surface area contributed by atoms with Gasteiger partial charge in [-0.2, -0.15) is 0 Å². The lowest BCUT2D eigenvalue weighted by atomic mass is 9.99. The molecule has 2 heterocycles. The van der Waals surface area contributed by atoms with Gasteiger partial charge in [0.05, 0.1) is 20.8 Å². The minimum absolute atomic E-state index is 0. The zero-order chi connectivity index (χ0) is 20.4. The van der Waals surface area contributed by atoms with Crippen LogP contribution in [0.1, 0.15) is 43.7 Å². The fourth-order valence-electron chi connectivity index (χ4n) is 4.56. The molecule has 0 saturated heterocycles. The number of nitrogens with zero attached hydrogens (tertiary/aromatic N) is 2. The van der Waals surface area contributed by atoms with E-state index in [9.17, 15) is 5.11 Å². The monoisotopic (exact) mass is 474 g/mol. The van der Waals surface area contributed by atoms with Gasteiger partial charge < -0.3 is 31.6 Å². The standard InChI is InChI=1S/C24H31N2O3.BrH/c1-4-18-9-11-19(12-10-18)24(27)17-25(23-8-6-5-7-15-26(23)24)21-16-20(28-2)13-14-22(21)29-3;/h9-14,16,27H,4-8,15,17H2,1-3H3;1H/q+1;/p-1. The Kier molecular flexibility index (Phi) is 7.09. The first-order valence-corrected chi connectivity index (χ1v) is 10.6. The van der Waals surface area contributed by atoms with Crippen molar-refractivity contribution in [3.05, 3.63) is 53.6 Å². The minimum atomic E-state index is -1.06. The fraction of sp³-hybridized carbons (Fsp3) is 0.458. The van der Waals surface area contributed by atoms with Crippen LogP contribution in [-0.4, -0.2) is 42.8 Å². The van der Waals surface area contributed by atoms with E-state index in [4.69, 9.17) is 9.47 Å². The van der Waals surface area contributed by atoms with Crippen LogP contribution in [0.2, 0.25) is 0 Å². The largest absolute Gasteiger partial charge is 1.00 e. The number of ether oxygens (including phenoxy) is 2. The van der Waals surface area contributed by atoms with Crippen LogP contribution in [0.15, 0.2) is 42.5 Å². The number of amidine groups is 1. The highest BCUT2D eigenvalue weighted by molar-refractivity contribution is 5.97. The lowest BCUT2D eigenvalue weighted by Crippen LogP contribution is -3.00. The predicted molar refractivity (Wildman–Crippen MR) is 115 cm³/mol. The Morgan fingerprint density at radius 2 is 1.80 bits per heavy atom. The molecule has 0 fully saturated rings. The second-order valence-electron chi connectivity index (χ2n) is 7.87. The molecular formula is C24H31BrN2O3.